The summed E-state index contributed by atoms with van der Waals surface area (Å²) in [5.41, 5.74) is 1.29. The second kappa shape index (κ2) is 7.93. The second-order valence-corrected chi connectivity index (χ2v) is 5.83. The van der Waals surface area contributed by atoms with Crippen LogP contribution in [0, 0.1) is 5.82 Å². The fraction of sp³-hybridized carbons (Fsp3) is 0.316. The number of carbonyl (C=O) groups is 1. The van der Waals surface area contributed by atoms with Crippen LogP contribution in [0.1, 0.15) is 18.4 Å². The lowest BCUT2D eigenvalue weighted by molar-refractivity contribution is -0.115. The van der Waals surface area contributed by atoms with Crippen molar-refractivity contribution >= 4 is 11.6 Å². The van der Waals surface area contributed by atoms with Crippen molar-refractivity contribution in [1.82, 2.24) is 0 Å². The van der Waals surface area contributed by atoms with Gasteiger partial charge in [0.2, 0.25) is 5.91 Å². The normalized spacial score (nSPS) is 16.8. The third-order valence-corrected chi connectivity index (χ3v) is 3.83. The van der Waals surface area contributed by atoms with Crippen molar-refractivity contribution in [2.75, 3.05) is 18.5 Å². The van der Waals surface area contributed by atoms with Crippen LogP contribution >= 0.6 is 0 Å². The number of nitrogens with one attached hydrogen (secondary N) is 1. The Balaban J connectivity index is 1.54. The molecule has 4 nitrogen and oxygen atoms in total. The molecule has 1 heterocycles. The fourth-order valence-corrected chi connectivity index (χ4v) is 2.67. The van der Waals surface area contributed by atoms with Gasteiger partial charge < -0.3 is 14.8 Å². The van der Waals surface area contributed by atoms with Gasteiger partial charge >= 0.3 is 0 Å². The molecule has 0 spiro atoms. The van der Waals surface area contributed by atoms with Crippen molar-refractivity contribution in [3.8, 4) is 5.75 Å². The van der Waals surface area contributed by atoms with Crippen molar-refractivity contribution in [3.63, 3.8) is 0 Å². The first-order valence-electron chi connectivity index (χ1n) is 8.08. The Morgan fingerprint density at radius 3 is 2.92 bits per heavy atom. The summed E-state index contributed by atoms with van der Waals surface area (Å²) in [6.07, 6.45) is 2.36. The molecule has 2 aromatic rings. The van der Waals surface area contributed by atoms with Gasteiger partial charge in [-0.2, -0.15) is 0 Å². The molecule has 5 heteroatoms. The van der Waals surface area contributed by atoms with E-state index >= 15 is 0 Å². The lowest BCUT2D eigenvalue weighted by atomic mass is 10.1. The van der Waals surface area contributed by atoms with Crippen LogP contribution in [0.25, 0.3) is 0 Å². The molecule has 0 unspecified atom stereocenters. The van der Waals surface area contributed by atoms with E-state index in [2.05, 4.69) is 5.32 Å². The summed E-state index contributed by atoms with van der Waals surface area (Å²) in [6.45, 7) is 1.31. The summed E-state index contributed by atoms with van der Waals surface area (Å²) in [6, 6.07) is 13.3. The molecule has 0 radical (unpaired) electrons. The Hall–Kier alpha value is -2.40. The Morgan fingerprint density at radius 2 is 2.12 bits per heavy atom. The van der Waals surface area contributed by atoms with E-state index in [-0.39, 0.29) is 24.2 Å². The number of amides is 1. The minimum Gasteiger partial charge on any atom is -0.491 e. The maximum absolute atomic E-state index is 13.2. The number of halogens is 1. The van der Waals surface area contributed by atoms with Gasteiger partial charge in [-0.1, -0.05) is 18.2 Å². The van der Waals surface area contributed by atoms with Crippen LogP contribution in [0.15, 0.2) is 48.5 Å². The first kappa shape index (κ1) is 16.5. The van der Waals surface area contributed by atoms with E-state index in [0.717, 1.165) is 19.4 Å². The summed E-state index contributed by atoms with van der Waals surface area (Å²) in [4.78, 5) is 12.1. The standard InChI is InChI=1S/C19H20FNO3/c20-15-5-1-4-14(10-15)11-19(22)21-16-6-2-7-17(12-16)24-13-18-8-3-9-23-18/h1-2,4-7,10,12,18H,3,8-9,11,13H2,(H,21,22)/t18-/m0/s1. The van der Waals surface area contributed by atoms with Crippen LogP contribution in [-0.2, 0) is 16.0 Å². The first-order chi connectivity index (χ1) is 11.7. The maximum Gasteiger partial charge on any atom is 0.228 e. The number of hydrogen-bond acceptors (Lipinski definition) is 3. The van der Waals surface area contributed by atoms with Gasteiger partial charge in [0.05, 0.1) is 12.5 Å². The predicted molar refractivity (Wildman–Crippen MR) is 89.6 cm³/mol. The molecule has 1 aliphatic heterocycles. The molecule has 1 N–H and O–H groups in total. The highest BCUT2D eigenvalue weighted by molar-refractivity contribution is 5.92. The molecule has 0 bridgehead atoms. The summed E-state index contributed by atoms with van der Waals surface area (Å²) in [5.74, 6) is 0.149. The van der Waals surface area contributed by atoms with Crippen LogP contribution in [0.2, 0.25) is 0 Å². The van der Waals surface area contributed by atoms with Gasteiger partial charge in [-0.15, -0.1) is 0 Å². The molecule has 1 fully saturated rings. The van der Waals surface area contributed by atoms with E-state index in [9.17, 15) is 9.18 Å². The molecule has 1 amide bonds. The van der Waals surface area contributed by atoms with E-state index in [4.69, 9.17) is 9.47 Å². The molecule has 2 aromatic carbocycles. The smallest absolute Gasteiger partial charge is 0.228 e. The number of anilines is 1. The topological polar surface area (TPSA) is 47.6 Å². The molecule has 1 saturated heterocycles. The molecule has 0 aromatic heterocycles. The molecule has 126 valence electrons. The number of ether oxygens (including phenoxy) is 2. The van der Waals surface area contributed by atoms with Crippen LogP contribution in [0.5, 0.6) is 5.75 Å². The molecular formula is C19H20FNO3. The van der Waals surface area contributed by atoms with E-state index in [0.29, 0.717) is 23.6 Å². The third kappa shape index (κ3) is 4.80. The van der Waals surface area contributed by atoms with Crippen LogP contribution < -0.4 is 10.1 Å². The maximum atomic E-state index is 13.2. The SMILES string of the molecule is O=C(Cc1cccc(F)c1)Nc1cccc(OC[C@@H]2CCCO2)c1. The van der Waals surface area contributed by atoms with E-state index < -0.39 is 0 Å². The van der Waals surface area contributed by atoms with Gasteiger partial charge in [0.15, 0.2) is 0 Å². The molecule has 0 aliphatic carbocycles. The molecule has 1 atom stereocenters. The van der Waals surface area contributed by atoms with Crippen molar-refractivity contribution in [3.05, 3.63) is 59.9 Å². The third-order valence-electron chi connectivity index (χ3n) is 3.83. The Morgan fingerprint density at radius 1 is 1.25 bits per heavy atom. The molecule has 3 rings (SSSR count). The summed E-state index contributed by atoms with van der Waals surface area (Å²) in [7, 11) is 0. The quantitative estimate of drug-likeness (QED) is 0.881. The first-order valence-corrected chi connectivity index (χ1v) is 8.08. The fourth-order valence-electron chi connectivity index (χ4n) is 2.67. The molecule has 0 saturated carbocycles. The predicted octanol–water partition coefficient (Wildman–Crippen LogP) is 3.56. The molecular weight excluding hydrogens is 309 g/mol. The Kier molecular flexibility index (Phi) is 5.43. The van der Waals surface area contributed by atoms with Gasteiger partial charge in [0.1, 0.15) is 18.2 Å². The Labute approximate surface area is 140 Å². The van der Waals surface area contributed by atoms with E-state index in [1.54, 1.807) is 24.3 Å². The zero-order valence-corrected chi connectivity index (χ0v) is 13.3. The summed E-state index contributed by atoms with van der Waals surface area (Å²) < 4.78 is 24.4. The van der Waals surface area contributed by atoms with E-state index in [1.165, 1.54) is 12.1 Å². The van der Waals surface area contributed by atoms with Crippen molar-refractivity contribution < 1.29 is 18.7 Å². The minimum atomic E-state index is -0.343. The lowest BCUT2D eigenvalue weighted by Gasteiger charge is -2.12. The van der Waals surface area contributed by atoms with Gasteiger partial charge in [-0.25, -0.2) is 4.39 Å². The van der Waals surface area contributed by atoms with Gasteiger partial charge in [0.25, 0.3) is 0 Å². The zero-order valence-electron chi connectivity index (χ0n) is 13.3. The van der Waals surface area contributed by atoms with Crippen molar-refractivity contribution in [2.24, 2.45) is 0 Å². The highest BCUT2D eigenvalue weighted by atomic mass is 19.1. The van der Waals surface area contributed by atoms with Crippen LogP contribution in [0.3, 0.4) is 0 Å². The average molecular weight is 329 g/mol. The number of benzene rings is 2. The summed E-state index contributed by atoms with van der Waals surface area (Å²) in [5, 5.41) is 2.81. The monoisotopic (exact) mass is 329 g/mol. The molecule has 24 heavy (non-hydrogen) atoms. The lowest BCUT2D eigenvalue weighted by Crippen LogP contribution is -2.17. The number of carbonyl (C=O) groups excluding carboxylic acids is 1. The van der Waals surface area contributed by atoms with Crippen molar-refractivity contribution in [1.29, 1.82) is 0 Å². The van der Waals surface area contributed by atoms with Gasteiger partial charge in [0, 0.05) is 18.4 Å². The van der Waals surface area contributed by atoms with Crippen LogP contribution in [0.4, 0.5) is 10.1 Å². The van der Waals surface area contributed by atoms with Gasteiger partial charge in [-0.05, 0) is 42.7 Å². The summed E-state index contributed by atoms with van der Waals surface area (Å²) >= 11 is 0. The molecule has 1 aliphatic rings. The highest BCUT2D eigenvalue weighted by Crippen LogP contribution is 2.20. The van der Waals surface area contributed by atoms with E-state index in [1.807, 2.05) is 12.1 Å². The number of rotatable bonds is 6. The second-order valence-electron chi connectivity index (χ2n) is 5.83. The largest absolute Gasteiger partial charge is 0.491 e. The number of hydrogen-bond donors (Lipinski definition) is 1. The zero-order chi connectivity index (χ0) is 16.8. The van der Waals surface area contributed by atoms with Gasteiger partial charge in [-0.3, -0.25) is 4.79 Å². The Bertz CT molecular complexity index is 699. The van der Waals surface area contributed by atoms with Crippen molar-refractivity contribution in [2.45, 2.75) is 25.4 Å². The minimum absolute atomic E-state index is 0.124. The average Bonchev–Trinajstić information content (AvgIpc) is 3.06. The highest BCUT2D eigenvalue weighted by Gasteiger charge is 2.16. The van der Waals surface area contributed by atoms with Crippen LogP contribution in [-0.4, -0.2) is 25.2 Å².